The molecular formula is C33H25ClF2N2O5. The Morgan fingerprint density at radius 1 is 0.837 bits per heavy atom. The molecule has 2 aliphatic heterocycles. The molecule has 43 heavy (non-hydrogen) atoms. The lowest BCUT2D eigenvalue weighted by Gasteiger charge is -2.49. The molecule has 4 aliphatic rings. The van der Waals surface area contributed by atoms with Gasteiger partial charge in [0.1, 0.15) is 5.82 Å². The SMILES string of the molecule is CC12C(=O)N(c3ccc(F)c(Cl)c3)C(=O)C1CC1C(=CCC3C(=O)N(c4ccccc4)C(=O)C31)C2c1ccc(O)c(F)c1. The molecule has 0 spiro atoms. The van der Waals surface area contributed by atoms with Crippen molar-refractivity contribution in [2.45, 2.75) is 25.7 Å². The minimum absolute atomic E-state index is 0.102. The van der Waals surface area contributed by atoms with Crippen LogP contribution in [0.4, 0.5) is 20.2 Å². The van der Waals surface area contributed by atoms with Crippen molar-refractivity contribution < 1.29 is 33.1 Å². The zero-order valence-corrected chi connectivity index (χ0v) is 23.6. The third-order valence-corrected chi connectivity index (χ3v) is 10.0. The van der Waals surface area contributed by atoms with E-state index in [1.807, 2.05) is 6.08 Å². The Morgan fingerprint density at radius 3 is 2.28 bits per heavy atom. The van der Waals surface area contributed by atoms with Gasteiger partial charge in [0.05, 0.1) is 39.6 Å². The van der Waals surface area contributed by atoms with Crippen molar-refractivity contribution in [3.05, 3.63) is 101 Å². The predicted molar refractivity (Wildman–Crippen MR) is 153 cm³/mol. The van der Waals surface area contributed by atoms with Crippen molar-refractivity contribution in [1.29, 1.82) is 0 Å². The number of nitrogens with zero attached hydrogens (tertiary/aromatic N) is 2. The summed E-state index contributed by atoms with van der Waals surface area (Å²) in [5, 5.41) is 9.68. The van der Waals surface area contributed by atoms with Gasteiger partial charge in [-0.2, -0.15) is 0 Å². The van der Waals surface area contributed by atoms with E-state index >= 15 is 0 Å². The molecule has 7 rings (SSSR count). The summed E-state index contributed by atoms with van der Waals surface area (Å²) < 4.78 is 28.8. The quantitative estimate of drug-likeness (QED) is 0.304. The summed E-state index contributed by atoms with van der Waals surface area (Å²) in [5.74, 6) is -7.79. The topological polar surface area (TPSA) is 95.0 Å². The molecule has 6 atom stereocenters. The van der Waals surface area contributed by atoms with Crippen LogP contribution in [0, 0.1) is 40.7 Å². The number of imide groups is 2. The van der Waals surface area contributed by atoms with Crippen LogP contribution in [-0.2, 0) is 19.2 Å². The number of fused-ring (bicyclic) bond motifs is 4. The van der Waals surface area contributed by atoms with E-state index in [1.165, 1.54) is 29.2 Å². The molecule has 0 radical (unpaired) electrons. The molecule has 0 bridgehead atoms. The summed E-state index contributed by atoms with van der Waals surface area (Å²) in [6.45, 7) is 1.65. The van der Waals surface area contributed by atoms with Gasteiger partial charge in [0, 0.05) is 5.92 Å². The fourth-order valence-electron chi connectivity index (χ4n) is 7.80. The summed E-state index contributed by atoms with van der Waals surface area (Å²) in [6.07, 6.45) is 2.21. The van der Waals surface area contributed by atoms with Crippen LogP contribution < -0.4 is 9.80 Å². The van der Waals surface area contributed by atoms with Crippen LogP contribution in [0.2, 0.25) is 5.02 Å². The average molecular weight is 603 g/mol. The van der Waals surface area contributed by atoms with Crippen LogP contribution >= 0.6 is 11.6 Å². The van der Waals surface area contributed by atoms with E-state index in [-0.39, 0.29) is 35.4 Å². The van der Waals surface area contributed by atoms with Crippen LogP contribution in [0.1, 0.15) is 31.2 Å². The van der Waals surface area contributed by atoms with Gasteiger partial charge in [-0.05, 0) is 73.7 Å². The first-order chi connectivity index (χ1) is 20.5. The first kappa shape index (κ1) is 27.5. The van der Waals surface area contributed by atoms with Crippen molar-refractivity contribution in [3.63, 3.8) is 0 Å². The molecule has 1 N–H and O–H groups in total. The van der Waals surface area contributed by atoms with Crippen molar-refractivity contribution in [2.24, 2.45) is 29.1 Å². The van der Waals surface area contributed by atoms with E-state index in [0.29, 0.717) is 16.8 Å². The van der Waals surface area contributed by atoms with E-state index in [9.17, 15) is 33.1 Å². The van der Waals surface area contributed by atoms with Gasteiger partial charge in [0.15, 0.2) is 11.6 Å². The molecule has 3 aromatic rings. The molecule has 7 nitrogen and oxygen atoms in total. The Hall–Kier alpha value is -4.37. The Labute approximate surface area is 250 Å². The van der Waals surface area contributed by atoms with Gasteiger partial charge < -0.3 is 5.11 Å². The van der Waals surface area contributed by atoms with E-state index in [0.717, 1.165) is 17.0 Å². The van der Waals surface area contributed by atoms with Gasteiger partial charge in [-0.1, -0.05) is 47.5 Å². The summed E-state index contributed by atoms with van der Waals surface area (Å²) in [5.41, 5.74) is 0.180. The van der Waals surface area contributed by atoms with Gasteiger partial charge in [-0.25, -0.2) is 13.7 Å². The lowest BCUT2D eigenvalue weighted by atomic mass is 9.51. The van der Waals surface area contributed by atoms with Gasteiger partial charge >= 0.3 is 0 Å². The molecule has 10 heteroatoms. The Bertz CT molecular complexity index is 1780. The van der Waals surface area contributed by atoms with Crippen LogP contribution in [0.3, 0.4) is 0 Å². The van der Waals surface area contributed by atoms with Crippen LogP contribution in [0.5, 0.6) is 5.75 Å². The molecule has 3 fully saturated rings. The molecule has 218 valence electrons. The van der Waals surface area contributed by atoms with Crippen LogP contribution in [0.25, 0.3) is 0 Å². The Balaban J connectivity index is 1.38. The second kappa shape index (κ2) is 9.57. The highest BCUT2D eigenvalue weighted by Crippen LogP contribution is 2.63. The second-order valence-electron chi connectivity index (χ2n) is 11.8. The third-order valence-electron chi connectivity index (χ3n) is 9.76. The van der Waals surface area contributed by atoms with E-state index in [2.05, 4.69) is 0 Å². The summed E-state index contributed by atoms with van der Waals surface area (Å²) in [6, 6.07) is 16.1. The van der Waals surface area contributed by atoms with Crippen molar-refractivity contribution >= 4 is 46.6 Å². The number of hydrogen-bond acceptors (Lipinski definition) is 5. The molecule has 0 aromatic heterocycles. The molecule has 6 unspecified atom stereocenters. The lowest BCUT2D eigenvalue weighted by Crippen LogP contribution is -2.48. The number of hydrogen-bond donors (Lipinski definition) is 1. The maximum absolute atomic E-state index is 14.8. The van der Waals surface area contributed by atoms with E-state index in [1.54, 1.807) is 37.3 Å². The highest BCUT2D eigenvalue weighted by Gasteiger charge is 2.67. The molecule has 1 saturated carbocycles. The van der Waals surface area contributed by atoms with Gasteiger partial charge in [-0.3, -0.25) is 24.1 Å². The highest BCUT2D eigenvalue weighted by molar-refractivity contribution is 6.32. The fraction of sp³-hybridized carbons (Fsp3) is 0.273. The number of phenols is 1. The smallest absolute Gasteiger partial charge is 0.241 e. The van der Waals surface area contributed by atoms with E-state index in [4.69, 9.17) is 11.6 Å². The summed E-state index contributed by atoms with van der Waals surface area (Å²) in [4.78, 5) is 58.2. The minimum atomic E-state index is -1.42. The number of carbonyl (C=O) groups is 4. The number of allylic oxidation sites excluding steroid dienone is 2. The lowest BCUT2D eigenvalue weighted by molar-refractivity contribution is -0.131. The number of benzene rings is 3. The van der Waals surface area contributed by atoms with Gasteiger partial charge in [0.25, 0.3) is 0 Å². The van der Waals surface area contributed by atoms with Gasteiger partial charge in [0.2, 0.25) is 23.6 Å². The zero-order valence-electron chi connectivity index (χ0n) is 22.8. The molecule has 4 amide bonds. The van der Waals surface area contributed by atoms with Crippen molar-refractivity contribution in [3.8, 4) is 5.75 Å². The zero-order chi connectivity index (χ0) is 30.4. The highest BCUT2D eigenvalue weighted by atomic mass is 35.5. The van der Waals surface area contributed by atoms with E-state index < -0.39 is 64.2 Å². The van der Waals surface area contributed by atoms with Crippen LogP contribution in [0.15, 0.2) is 78.4 Å². The maximum Gasteiger partial charge on any atom is 0.241 e. The van der Waals surface area contributed by atoms with Crippen molar-refractivity contribution in [1.82, 2.24) is 0 Å². The predicted octanol–water partition coefficient (Wildman–Crippen LogP) is 5.76. The number of halogens is 3. The summed E-state index contributed by atoms with van der Waals surface area (Å²) in [7, 11) is 0. The number of para-hydroxylation sites is 1. The number of carbonyl (C=O) groups excluding carboxylic acids is 4. The number of aromatic hydroxyl groups is 1. The number of amides is 4. The number of phenolic OH excluding ortho intramolecular Hbond substituents is 1. The monoisotopic (exact) mass is 602 g/mol. The Kier molecular flexibility index (Phi) is 6.11. The van der Waals surface area contributed by atoms with Crippen LogP contribution in [-0.4, -0.2) is 28.7 Å². The minimum Gasteiger partial charge on any atom is -0.505 e. The standard InChI is InChI=1S/C33H25ClF2N2O5/c1-33-22(30(41)38(32(33)43)18-8-11-24(35)23(34)14-18)15-21-19(28(33)16-7-12-26(39)25(36)13-16)9-10-20-27(21)31(42)37(29(20)40)17-5-3-2-4-6-17/h2-9,11-14,20-22,27-28,39H,10,15H2,1H3. The van der Waals surface area contributed by atoms with Crippen molar-refractivity contribution in [2.75, 3.05) is 9.80 Å². The molecule has 3 aromatic carbocycles. The summed E-state index contributed by atoms with van der Waals surface area (Å²) >= 11 is 6.01. The second-order valence-corrected chi connectivity index (χ2v) is 12.2. The maximum atomic E-state index is 14.8. The molecular weight excluding hydrogens is 578 g/mol. The number of rotatable bonds is 3. The number of anilines is 2. The third kappa shape index (κ3) is 3.77. The first-order valence-corrected chi connectivity index (χ1v) is 14.4. The largest absolute Gasteiger partial charge is 0.505 e. The van der Waals surface area contributed by atoms with Gasteiger partial charge in [-0.15, -0.1) is 0 Å². The average Bonchev–Trinajstić information content (AvgIpc) is 3.36. The first-order valence-electron chi connectivity index (χ1n) is 14.0. The molecule has 2 aliphatic carbocycles. The molecule has 2 heterocycles. The Morgan fingerprint density at radius 2 is 1.58 bits per heavy atom. The fourth-order valence-corrected chi connectivity index (χ4v) is 7.97. The molecule has 2 saturated heterocycles. The normalized spacial score (nSPS) is 29.9.